The third-order valence-electron chi connectivity index (χ3n) is 4.26. The van der Waals surface area contributed by atoms with Crippen LogP contribution in [-0.4, -0.2) is 25.7 Å². The minimum absolute atomic E-state index is 0.00159. The van der Waals surface area contributed by atoms with E-state index in [2.05, 4.69) is 32.0 Å². The number of esters is 1. The summed E-state index contributed by atoms with van der Waals surface area (Å²) in [7, 11) is 0. The Morgan fingerprint density at radius 3 is 2.65 bits per heavy atom. The Hall–Kier alpha value is -1.35. The van der Waals surface area contributed by atoms with E-state index in [1.54, 1.807) is 4.90 Å². The summed E-state index contributed by atoms with van der Waals surface area (Å²) >= 11 is 0. The van der Waals surface area contributed by atoms with E-state index in [0.717, 1.165) is 32.5 Å². The number of rotatable bonds is 4. The monoisotopic (exact) mass is 276 g/mol. The van der Waals surface area contributed by atoms with E-state index in [4.69, 9.17) is 4.74 Å². The molecule has 20 heavy (non-hydrogen) atoms. The van der Waals surface area contributed by atoms with Crippen LogP contribution in [-0.2, 0) is 16.1 Å². The van der Waals surface area contributed by atoms with Crippen molar-refractivity contribution >= 4 is 5.97 Å². The molecule has 0 unspecified atom stereocenters. The van der Waals surface area contributed by atoms with E-state index in [0.29, 0.717) is 6.61 Å². The van der Waals surface area contributed by atoms with Gasteiger partial charge in [0.1, 0.15) is 6.54 Å². The molecule has 1 aromatic carbocycles. The number of hydrogen-bond donors (Lipinski definition) is 1. The van der Waals surface area contributed by atoms with Crippen LogP contribution in [0.15, 0.2) is 18.2 Å². The number of carbonyl (C=O) groups excluding carboxylic acids is 1. The van der Waals surface area contributed by atoms with Crippen molar-refractivity contribution in [3.05, 3.63) is 34.9 Å². The van der Waals surface area contributed by atoms with Crippen LogP contribution in [0.3, 0.4) is 0 Å². The molecule has 0 amide bonds. The summed E-state index contributed by atoms with van der Waals surface area (Å²) < 4.78 is 5.12. The lowest BCUT2D eigenvalue weighted by molar-refractivity contribution is -0.919. The van der Waals surface area contributed by atoms with Crippen molar-refractivity contribution in [2.24, 2.45) is 5.92 Å². The summed E-state index contributed by atoms with van der Waals surface area (Å²) in [5.74, 6) is 0.121. The van der Waals surface area contributed by atoms with E-state index in [1.165, 1.54) is 16.7 Å². The van der Waals surface area contributed by atoms with Gasteiger partial charge in [-0.1, -0.05) is 23.8 Å². The van der Waals surface area contributed by atoms with Gasteiger partial charge in [0, 0.05) is 18.4 Å². The van der Waals surface area contributed by atoms with Crippen LogP contribution in [0.5, 0.6) is 0 Å². The molecule has 0 saturated carbocycles. The van der Waals surface area contributed by atoms with Crippen molar-refractivity contribution in [3.8, 4) is 0 Å². The Balaban J connectivity index is 1.88. The van der Waals surface area contributed by atoms with Crippen LogP contribution in [0.1, 0.15) is 36.5 Å². The van der Waals surface area contributed by atoms with Gasteiger partial charge in [0.05, 0.1) is 25.6 Å². The third-order valence-corrected chi connectivity index (χ3v) is 4.26. The second kappa shape index (κ2) is 6.89. The first kappa shape index (κ1) is 15.0. The number of piperidine rings is 1. The Morgan fingerprint density at radius 1 is 1.30 bits per heavy atom. The first-order chi connectivity index (χ1) is 9.60. The summed E-state index contributed by atoms with van der Waals surface area (Å²) in [5.41, 5.74) is 4.14. The predicted molar refractivity (Wildman–Crippen MR) is 79.7 cm³/mol. The van der Waals surface area contributed by atoms with Gasteiger partial charge in [0.2, 0.25) is 0 Å². The molecule has 1 heterocycles. The summed E-state index contributed by atoms with van der Waals surface area (Å²) in [4.78, 5) is 13.3. The fourth-order valence-corrected chi connectivity index (χ4v) is 2.96. The Bertz CT molecular complexity index is 462. The molecule has 0 spiro atoms. The van der Waals surface area contributed by atoms with Gasteiger partial charge in [-0.3, -0.25) is 4.79 Å². The number of likely N-dealkylation sites (tertiary alicyclic amines) is 1. The zero-order valence-corrected chi connectivity index (χ0v) is 12.9. The largest absolute Gasteiger partial charge is 0.466 e. The SMILES string of the molecule is CCOC(=O)C1CC[NH+](Cc2cc(C)ccc2C)CC1. The average Bonchev–Trinajstić information content (AvgIpc) is 2.44. The van der Waals surface area contributed by atoms with Crippen LogP contribution in [0.2, 0.25) is 0 Å². The summed E-state index contributed by atoms with van der Waals surface area (Å²) in [5, 5.41) is 0. The second-order valence-electron chi connectivity index (χ2n) is 5.88. The van der Waals surface area contributed by atoms with Crippen LogP contribution < -0.4 is 4.90 Å². The Morgan fingerprint density at radius 2 is 2.00 bits per heavy atom. The first-order valence-electron chi connectivity index (χ1n) is 7.66. The molecule has 1 aromatic rings. The Kier molecular flexibility index (Phi) is 5.18. The highest BCUT2D eigenvalue weighted by Crippen LogP contribution is 2.13. The molecule has 110 valence electrons. The minimum Gasteiger partial charge on any atom is -0.466 e. The van der Waals surface area contributed by atoms with Crippen LogP contribution in [0.25, 0.3) is 0 Å². The van der Waals surface area contributed by atoms with Gasteiger partial charge in [-0.25, -0.2) is 0 Å². The highest BCUT2D eigenvalue weighted by atomic mass is 16.5. The predicted octanol–water partition coefficient (Wildman–Crippen LogP) is 1.66. The number of hydrogen-bond acceptors (Lipinski definition) is 2. The molecule has 1 saturated heterocycles. The molecule has 1 aliphatic heterocycles. The maximum absolute atomic E-state index is 11.7. The molecule has 1 N–H and O–H groups in total. The molecular weight excluding hydrogens is 250 g/mol. The standard InChI is InChI=1S/C17H25NO2/c1-4-20-17(19)15-7-9-18(10-8-15)12-16-11-13(2)5-6-14(16)3/h5-6,11,15H,4,7-10,12H2,1-3H3/p+1. The van der Waals surface area contributed by atoms with E-state index in [-0.39, 0.29) is 11.9 Å². The number of nitrogens with one attached hydrogen (secondary N) is 1. The van der Waals surface area contributed by atoms with E-state index < -0.39 is 0 Å². The van der Waals surface area contributed by atoms with E-state index >= 15 is 0 Å². The van der Waals surface area contributed by atoms with Crippen molar-refractivity contribution < 1.29 is 14.4 Å². The lowest BCUT2D eigenvalue weighted by atomic mass is 9.96. The maximum atomic E-state index is 11.7. The molecule has 0 radical (unpaired) electrons. The Labute approximate surface area is 121 Å². The molecule has 0 aromatic heterocycles. The molecule has 2 rings (SSSR count). The summed E-state index contributed by atoms with van der Waals surface area (Å²) in [6.45, 7) is 9.90. The summed E-state index contributed by atoms with van der Waals surface area (Å²) in [6, 6.07) is 6.66. The molecular formula is C17H26NO2+. The lowest BCUT2D eigenvalue weighted by Gasteiger charge is -2.28. The van der Waals surface area contributed by atoms with Crippen molar-refractivity contribution in [1.82, 2.24) is 0 Å². The molecule has 0 aliphatic carbocycles. The molecule has 3 heteroatoms. The van der Waals surface area contributed by atoms with Crippen LogP contribution in [0.4, 0.5) is 0 Å². The van der Waals surface area contributed by atoms with Gasteiger partial charge in [-0.05, 0) is 26.3 Å². The van der Waals surface area contributed by atoms with Crippen molar-refractivity contribution in [2.45, 2.75) is 40.2 Å². The lowest BCUT2D eigenvalue weighted by Crippen LogP contribution is -3.11. The van der Waals surface area contributed by atoms with E-state index in [9.17, 15) is 4.79 Å². The van der Waals surface area contributed by atoms with Gasteiger partial charge in [0.25, 0.3) is 0 Å². The highest BCUT2D eigenvalue weighted by Gasteiger charge is 2.28. The second-order valence-corrected chi connectivity index (χ2v) is 5.88. The van der Waals surface area contributed by atoms with Gasteiger partial charge in [-0.2, -0.15) is 0 Å². The van der Waals surface area contributed by atoms with Crippen molar-refractivity contribution in [2.75, 3.05) is 19.7 Å². The third kappa shape index (κ3) is 3.83. The number of quaternary nitrogens is 1. The van der Waals surface area contributed by atoms with Crippen LogP contribution >= 0.6 is 0 Å². The van der Waals surface area contributed by atoms with Crippen LogP contribution in [0, 0.1) is 19.8 Å². The van der Waals surface area contributed by atoms with Gasteiger partial charge >= 0.3 is 5.97 Å². The fourth-order valence-electron chi connectivity index (χ4n) is 2.96. The van der Waals surface area contributed by atoms with E-state index in [1.807, 2.05) is 6.92 Å². The molecule has 1 fully saturated rings. The number of benzene rings is 1. The number of aryl methyl sites for hydroxylation is 2. The number of carbonyl (C=O) groups is 1. The van der Waals surface area contributed by atoms with Gasteiger partial charge < -0.3 is 9.64 Å². The van der Waals surface area contributed by atoms with Crippen molar-refractivity contribution in [3.63, 3.8) is 0 Å². The van der Waals surface area contributed by atoms with Gasteiger partial charge in [-0.15, -0.1) is 0 Å². The van der Waals surface area contributed by atoms with Gasteiger partial charge in [0.15, 0.2) is 0 Å². The topological polar surface area (TPSA) is 30.7 Å². The normalized spacial score (nSPS) is 22.6. The zero-order valence-electron chi connectivity index (χ0n) is 12.9. The highest BCUT2D eigenvalue weighted by molar-refractivity contribution is 5.72. The smallest absolute Gasteiger partial charge is 0.309 e. The quantitative estimate of drug-likeness (QED) is 0.848. The zero-order chi connectivity index (χ0) is 14.5. The molecule has 1 aliphatic rings. The first-order valence-corrected chi connectivity index (χ1v) is 7.66. The fraction of sp³-hybridized carbons (Fsp3) is 0.588. The molecule has 0 bridgehead atoms. The average molecular weight is 276 g/mol. The summed E-state index contributed by atoms with van der Waals surface area (Å²) in [6.07, 6.45) is 1.91. The van der Waals surface area contributed by atoms with Crippen molar-refractivity contribution in [1.29, 1.82) is 0 Å². The number of ether oxygens (including phenoxy) is 1. The molecule has 0 atom stereocenters. The minimum atomic E-state index is -0.00159. The molecule has 3 nitrogen and oxygen atoms in total. The maximum Gasteiger partial charge on any atom is 0.309 e.